The zero-order valence-electron chi connectivity index (χ0n) is 17.2. The Bertz CT molecular complexity index is 1130. The summed E-state index contributed by atoms with van der Waals surface area (Å²) in [6.45, 7) is 1.65. The van der Waals surface area contributed by atoms with Crippen molar-refractivity contribution in [3.05, 3.63) is 71.8 Å². The van der Waals surface area contributed by atoms with Crippen molar-refractivity contribution in [3.8, 4) is 11.5 Å². The molecule has 31 heavy (non-hydrogen) atoms. The Morgan fingerprint density at radius 1 is 1.19 bits per heavy atom. The van der Waals surface area contributed by atoms with E-state index < -0.39 is 17.9 Å². The highest BCUT2D eigenvalue weighted by molar-refractivity contribution is 6.06. The van der Waals surface area contributed by atoms with Gasteiger partial charge in [-0.2, -0.15) is 0 Å². The van der Waals surface area contributed by atoms with Crippen molar-refractivity contribution in [2.75, 3.05) is 29.6 Å². The van der Waals surface area contributed by atoms with E-state index in [-0.39, 0.29) is 18.2 Å². The molecule has 0 fully saturated rings. The number of aromatic nitrogens is 1. The average Bonchev–Trinajstić information content (AvgIpc) is 2.76. The van der Waals surface area contributed by atoms with Crippen LogP contribution in [0, 0.1) is 6.92 Å². The number of nitrogen functional groups attached to an aromatic ring is 1. The van der Waals surface area contributed by atoms with E-state index in [2.05, 4.69) is 10.3 Å². The molecule has 1 aliphatic rings. The van der Waals surface area contributed by atoms with Gasteiger partial charge in [0, 0.05) is 5.56 Å². The molecule has 3 aromatic rings. The molecule has 0 saturated heterocycles. The number of hydrogen-bond acceptors (Lipinski definition) is 6. The van der Waals surface area contributed by atoms with Crippen LogP contribution in [0.4, 0.5) is 17.3 Å². The van der Waals surface area contributed by atoms with E-state index in [1.165, 1.54) is 12.0 Å². The van der Waals surface area contributed by atoms with Crippen LogP contribution in [-0.4, -0.2) is 30.5 Å². The van der Waals surface area contributed by atoms with Crippen molar-refractivity contribution in [2.45, 2.75) is 13.0 Å². The van der Waals surface area contributed by atoms with Crippen molar-refractivity contribution in [3.63, 3.8) is 0 Å². The van der Waals surface area contributed by atoms with E-state index in [9.17, 15) is 9.59 Å². The van der Waals surface area contributed by atoms with Crippen molar-refractivity contribution in [1.29, 1.82) is 0 Å². The van der Waals surface area contributed by atoms with Crippen molar-refractivity contribution >= 4 is 29.1 Å². The molecule has 158 valence electrons. The highest BCUT2D eigenvalue weighted by atomic mass is 16.5. The summed E-state index contributed by atoms with van der Waals surface area (Å²) in [5.41, 5.74) is 7.99. The second-order valence-electron chi connectivity index (χ2n) is 7.14. The molecule has 0 bridgehead atoms. The molecule has 0 radical (unpaired) electrons. The molecule has 0 spiro atoms. The Kier molecular flexibility index (Phi) is 5.44. The van der Waals surface area contributed by atoms with Gasteiger partial charge >= 0.3 is 0 Å². The number of nitrogens with two attached hydrogens (primary N) is 1. The van der Waals surface area contributed by atoms with E-state index in [4.69, 9.17) is 15.2 Å². The van der Waals surface area contributed by atoms with Gasteiger partial charge in [0.2, 0.25) is 12.0 Å². The Morgan fingerprint density at radius 3 is 2.71 bits per heavy atom. The topological polar surface area (TPSA) is 107 Å². The summed E-state index contributed by atoms with van der Waals surface area (Å²) in [6.07, 6.45) is -0.888. The van der Waals surface area contributed by atoms with E-state index in [1.54, 1.807) is 36.4 Å². The molecule has 2 amide bonds. The number of fused-ring (bicyclic) bond motifs is 1. The van der Waals surface area contributed by atoms with Crippen LogP contribution in [0.3, 0.4) is 0 Å². The SMILES string of the molecule is COc1ccc(C)cc1NC(=O)CN1C(=O)C(c2ccccc2)Oc2ccc(N)nc21. The molecule has 1 aromatic heterocycles. The first-order chi connectivity index (χ1) is 15.0. The molecule has 2 heterocycles. The fraction of sp³-hybridized carbons (Fsp3) is 0.174. The molecule has 1 atom stereocenters. The lowest BCUT2D eigenvalue weighted by Crippen LogP contribution is -2.45. The Balaban J connectivity index is 1.64. The normalized spacial score (nSPS) is 15.1. The van der Waals surface area contributed by atoms with Gasteiger partial charge in [0.05, 0.1) is 12.8 Å². The standard InChI is InChI=1S/C23H22N4O4/c1-14-8-9-17(30-2)16(12-14)25-20(28)13-27-22-18(10-11-19(24)26-22)31-21(23(27)29)15-6-4-3-5-7-15/h3-12,21H,13H2,1-2H3,(H2,24,26)(H,25,28). The van der Waals surface area contributed by atoms with Gasteiger partial charge in [-0.3, -0.25) is 14.5 Å². The number of amides is 2. The minimum absolute atomic E-state index is 0.212. The Labute approximate surface area is 179 Å². The van der Waals surface area contributed by atoms with Crippen LogP contribution in [0.15, 0.2) is 60.7 Å². The van der Waals surface area contributed by atoms with Crippen LogP contribution in [0.1, 0.15) is 17.2 Å². The number of aryl methyl sites for hydroxylation is 1. The lowest BCUT2D eigenvalue weighted by atomic mass is 10.1. The second kappa shape index (κ2) is 8.35. The number of carbonyl (C=O) groups is 2. The Hall–Kier alpha value is -4.07. The summed E-state index contributed by atoms with van der Waals surface area (Å²) in [6, 6.07) is 17.8. The molecular formula is C23H22N4O4. The zero-order chi connectivity index (χ0) is 22.0. The third-order valence-electron chi connectivity index (χ3n) is 4.88. The molecule has 8 nitrogen and oxygen atoms in total. The number of pyridine rings is 1. The van der Waals surface area contributed by atoms with Gasteiger partial charge in [-0.25, -0.2) is 4.98 Å². The smallest absolute Gasteiger partial charge is 0.274 e. The molecular weight excluding hydrogens is 396 g/mol. The maximum atomic E-state index is 13.3. The van der Waals surface area contributed by atoms with Crippen LogP contribution in [0.5, 0.6) is 11.5 Å². The average molecular weight is 418 g/mol. The van der Waals surface area contributed by atoms with Gasteiger partial charge in [0.1, 0.15) is 18.1 Å². The Morgan fingerprint density at radius 2 is 1.97 bits per heavy atom. The predicted octanol–water partition coefficient (Wildman–Crippen LogP) is 3.09. The molecule has 0 aliphatic carbocycles. The maximum absolute atomic E-state index is 13.3. The fourth-order valence-corrected chi connectivity index (χ4v) is 3.40. The number of methoxy groups -OCH3 is 1. The van der Waals surface area contributed by atoms with Crippen LogP contribution in [-0.2, 0) is 9.59 Å². The van der Waals surface area contributed by atoms with E-state index in [0.29, 0.717) is 22.7 Å². The number of nitrogens with zero attached hydrogens (tertiary/aromatic N) is 2. The molecule has 8 heteroatoms. The molecule has 3 N–H and O–H groups in total. The minimum atomic E-state index is -0.888. The van der Waals surface area contributed by atoms with Crippen LogP contribution < -0.4 is 25.4 Å². The first-order valence-corrected chi connectivity index (χ1v) is 9.70. The van der Waals surface area contributed by atoms with Gasteiger partial charge in [0.15, 0.2) is 11.6 Å². The van der Waals surface area contributed by atoms with E-state index in [1.807, 2.05) is 31.2 Å². The summed E-state index contributed by atoms with van der Waals surface area (Å²) in [4.78, 5) is 31.7. The molecule has 1 unspecified atom stereocenters. The van der Waals surface area contributed by atoms with Gasteiger partial charge < -0.3 is 20.5 Å². The zero-order valence-corrected chi connectivity index (χ0v) is 17.2. The number of nitrogens with one attached hydrogen (secondary N) is 1. The highest BCUT2D eigenvalue weighted by Crippen LogP contribution is 2.38. The molecule has 0 saturated carbocycles. The van der Waals surface area contributed by atoms with Crippen molar-refractivity contribution in [2.24, 2.45) is 0 Å². The second-order valence-corrected chi connectivity index (χ2v) is 7.14. The number of ether oxygens (including phenoxy) is 2. The monoisotopic (exact) mass is 418 g/mol. The third-order valence-corrected chi connectivity index (χ3v) is 4.88. The summed E-state index contributed by atoms with van der Waals surface area (Å²) in [5.74, 6) is 0.535. The lowest BCUT2D eigenvalue weighted by molar-refractivity contribution is -0.128. The summed E-state index contributed by atoms with van der Waals surface area (Å²) < 4.78 is 11.2. The van der Waals surface area contributed by atoms with Crippen molar-refractivity contribution in [1.82, 2.24) is 4.98 Å². The van der Waals surface area contributed by atoms with Crippen molar-refractivity contribution < 1.29 is 19.1 Å². The third kappa shape index (κ3) is 4.13. The summed E-state index contributed by atoms with van der Waals surface area (Å²) in [5, 5.41) is 2.81. The quantitative estimate of drug-likeness (QED) is 0.659. The number of hydrogen-bond donors (Lipinski definition) is 2. The maximum Gasteiger partial charge on any atom is 0.274 e. The lowest BCUT2D eigenvalue weighted by Gasteiger charge is -2.33. The van der Waals surface area contributed by atoms with Gasteiger partial charge in [0.25, 0.3) is 5.91 Å². The van der Waals surface area contributed by atoms with Crippen LogP contribution in [0.2, 0.25) is 0 Å². The van der Waals surface area contributed by atoms with E-state index in [0.717, 1.165) is 5.56 Å². The van der Waals surface area contributed by atoms with E-state index >= 15 is 0 Å². The van der Waals surface area contributed by atoms with Gasteiger partial charge in [-0.1, -0.05) is 36.4 Å². The highest BCUT2D eigenvalue weighted by Gasteiger charge is 2.37. The summed E-state index contributed by atoms with van der Waals surface area (Å²) in [7, 11) is 1.53. The minimum Gasteiger partial charge on any atom is -0.495 e. The van der Waals surface area contributed by atoms with Gasteiger partial charge in [-0.05, 0) is 36.8 Å². The van der Waals surface area contributed by atoms with Gasteiger partial charge in [-0.15, -0.1) is 0 Å². The summed E-state index contributed by atoms with van der Waals surface area (Å²) >= 11 is 0. The van der Waals surface area contributed by atoms with Crippen LogP contribution in [0.25, 0.3) is 0 Å². The molecule has 4 rings (SSSR count). The first kappa shape index (κ1) is 20.2. The number of anilines is 3. The number of carbonyl (C=O) groups excluding carboxylic acids is 2. The largest absolute Gasteiger partial charge is 0.495 e. The first-order valence-electron chi connectivity index (χ1n) is 9.70. The number of benzene rings is 2. The number of rotatable bonds is 5. The molecule has 2 aromatic carbocycles. The van der Waals surface area contributed by atoms with Crippen LogP contribution >= 0.6 is 0 Å². The predicted molar refractivity (Wildman–Crippen MR) is 117 cm³/mol. The molecule has 1 aliphatic heterocycles. The fourth-order valence-electron chi connectivity index (χ4n) is 3.40.